The smallest absolute Gasteiger partial charge is 0.323 e. The first kappa shape index (κ1) is 12.5. The Labute approximate surface area is 80.7 Å². The van der Waals surface area contributed by atoms with Gasteiger partial charge in [0.05, 0.1) is 19.0 Å². The van der Waals surface area contributed by atoms with Gasteiger partial charge in [0.25, 0.3) is 0 Å². The zero-order chi connectivity index (χ0) is 10.3. The van der Waals surface area contributed by atoms with Gasteiger partial charge in [-0.2, -0.15) is 0 Å². The van der Waals surface area contributed by atoms with Crippen LogP contribution in [0.4, 0.5) is 0 Å². The Kier molecular flexibility index (Phi) is 5.75. The predicted octanol–water partition coefficient (Wildman–Crippen LogP) is 2.83. The summed E-state index contributed by atoms with van der Waals surface area (Å²) in [6, 6.07) is 0. The SMILES string of the molecule is C=COC(C)(O[CH]CC)OC(C)C. The van der Waals surface area contributed by atoms with Crippen LogP contribution in [0, 0.1) is 6.61 Å². The van der Waals surface area contributed by atoms with E-state index in [2.05, 4.69) is 6.58 Å². The van der Waals surface area contributed by atoms with Gasteiger partial charge in [-0.15, -0.1) is 0 Å². The first-order chi connectivity index (χ1) is 6.04. The Morgan fingerprint density at radius 1 is 1.38 bits per heavy atom. The maximum Gasteiger partial charge on any atom is 0.323 e. The van der Waals surface area contributed by atoms with Gasteiger partial charge in [0, 0.05) is 6.92 Å². The van der Waals surface area contributed by atoms with Crippen molar-refractivity contribution in [3.63, 3.8) is 0 Å². The molecule has 0 spiro atoms. The third-order valence-corrected chi connectivity index (χ3v) is 1.21. The van der Waals surface area contributed by atoms with E-state index < -0.39 is 5.97 Å². The summed E-state index contributed by atoms with van der Waals surface area (Å²) in [7, 11) is 0. The van der Waals surface area contributed by atoms with Crippen LogP contribution in [0.2, 0.25) is 0 Å². The Morgan fingerprint density at radius 3 is 2.38 bits per heavy atom. The highest BCUT2D eigenvalue weighted by atomic mass is 16.9. The molecular weight excluding hydrogens is 168 g/mol. The summed E-state index contributed by atoms with van der Waals surface area (Å²) in [6.07, 6.45) is 2.15. The van der Waals surface area contributed by atoms with Crippen LogP contribution < -0.4 is 0 Å². The molecule has 0 rings (SSSR count). The van der Waals surface area contributed by atoms with Gasteiger partial charge in [0.2, 0.25) is 0 Å². The molecule has 0 aliphatic carbocycles. The fraction of sp³-hybridized carbons (Fsp3) is 0.700. The largest absolute Gasteiger partial charge is 0.448 e. The van der Waals surface area contributed by atoms with Gasteiger partial charge in [-0.3, -0.25) is 0 Å². The van der Waals surface area contributed by atoms with E-state index in [0.29, 0.717) is 0 Å². The van der Waals surface area contributed by atoms with Gasteiger partial charge in [-0.05, 0) is 20.3 Å². The lowest BCUT2D eigenvalue weighted by Crippen LogP contribution is -2.35. The molecular formula is C10H19O3. The van der Waals surface area contributed by atoms with E-state index in [1.54, 1.807) is 13.5 Å². The minimum absolute atomic E-state index is 0.0372. The summed E-state index contributed by atoms with van der Waals surface area (Å²) in [5.74, 6) is -1.05. The van der Waals surface area contributed by atoms with Crippen LogP contribution in [0.5, 0.6) is 0 Å². The number of hydrogen-bond acceptors (Lipinski definition) is 3. The van der Waals surface area contributed by atoms with Gasteiger partial charge in [0.15, 0.2) is 0 Å². The molecule has 1 atom stereocenters. The summed E-state index contributed by atoms with van der Waals surface area (Å²) in [5.41, 5.74) is 0. The molecule has 0 aromatic rings. The van der Waals surface area contributed by atoms with Crippen molar-refractivity contribution < 1.29 is 14.2 Å². The van der Waals surface area contributed by atoms with Crippen molar-refractivity contribution in [1.29, 1.82) is 0 Å². The highest BCUT2D eigenvalue weighted by Gasteiger charge is 2.28. The highest BCUT2D eigenvalue weighted by Crippen LogP contribution is 2.18. The van der Waals surface area contributed by atoms with E-state index in [4.69, 9.17) is 14.2 Å². The lowest BCUT2D eigenvalue weighted by atomic mass is 10.4. The van der Waals surface area contributed by atoms with Gasteiger partial charge in [-0.1, -0.05) is 13.5 Å². The summed E-state index contributed by atoms with van der Waals surface area (Å²) < 4.78 is 15.9. The van der Waals surface area contributed by atoms with Crippen LogP contribution in [-0.4, -0.2) is 12.1 Å². The van der Waals surface area contributed by atoms with Crippen LogP contribution >= 0.6 is 0 Å². The third kappa shape index (κ3) is 5.66. The standard InChI is InChI=1S/C10H19O3/c1-6-8-12-10(5,11-7-2)13-9(3)4/h7-9H,2,6H2,1,3-5H3. The second-order valence-corrected chi connectivity index (χ2v) is 3.01. The van der Waals surface area contributed by atoms with Gasteiger partial charge in [-0.25, -0.2) is 0 Å². The molecule has 77 valence electrons. The van der Waals surface area contributed by atoms with Crippen LogP contribution in [0.25, 0.3) is 0 Å². The molecule has 0 amide bonds. The van der Waals surface area contributed by atoms with Gasteiger partial charge in [0.1, 0.15) is 0 Å². The maximum absolute atomic E-state index is 5.43. The van der Waals surface area contributed by atoms with E-state index in [0.717, 1.165) is 6.42 Å². The average molecular weight is 187 g/mol. The van der Waals surface area contributed by atoms with Crippen molar-refractivity contribution in [1.82, 2.24) is 0 Å². The lowest BCUT2D eigenvalue weighted by molar-refractivity contribution is -0.349. The molecule has 0 saturated carbocycles. The Hall–Kier alpha value is -0.540. The minimum atomic E-state index is -1.05. The van der Waals surface area contributed by atoms with Crippen LogP contribution in [0.15, 0.2) is 12.8 Å². The summed E-state index contributed by atoms with van der Waals surface area (Å²) >= 11 is 0. The van der Waals surface area contributed by atoms with Crippen LogP contribution in [-0.2, 0) is 14.2 Å². The number of hydrogen-bond donors (Lipinski definition) is 0. The fourth-order valence-corrected chi connectivity index (χ4v) is 0.898. The molecule has 0 saturated heterocycles. The van der Waals surface area contributed by atoms with E-state index in [-0.39, 0.29) is 6.10 Å². The Balaban J connectivity index is 4.06. The van der Waals surface area contributed by atoms with Crippen LogP contribution in [0.3, 0.4) is 0 Å². The zero-order valence-corrected chi connectivity index (χ0v) is 8.87. The quantitative estimate of drug-likeness (QED) is 0.453. The van der Waals surface area contributed by atoms with Crippen molar-refractivity contribution in [3.05, 3.63) is 19.4 Å². The monoisotopic (exact) mass is 187 g/mol. The predicted molar refractivity (Wildman–Crippen MR) is 51.6 cm³/mol. The second-order valence-electron chi connectivity index (χ2n) is 3.01. The molecule has 3 heteroatoms. The van der Waals surface area contributed by atoms with Crippen molar-refractivity contribution in [2.75, 3.05) is 0 Å². The summed E-state index contributed by atoms with van der Waals surface area (Å²) in [4.78, 5) is 0. The summed E-state index contributed by atoms with van der Waals surface area (Å²) in [5, 5.41) is 0. The van der Waals surface area contributed by atoms with E-state index >= 15 is 0 Å². The molecule has 0 N–H and O–H groups in total. The first-order valence-electron chi connectivity index (χ1n) is 4.50. The molecule has 0 heterocycles. The summed E-state index contributed by atoms with van der Waals surface area (Å²) in [6.45, 7) is 12.6. The normalized spacial score (nSPS) is 15.5. The van der Waals surface area contributed by atoms with E-state index in [1.165, 1.54) is 6.26 Å². The third-order valence-electron chi connectivity index (χ3n) is 1.21. The highest BCUT2D eigenvalue weighted by molar-refractivity contribution is 4.61. The van der Waals surface area contributed by atoms with Crippen LogP contribution in [0.1, 0.15) is 34.1 Å². The molecule has 0 aliphatic rings. The van der Waals surface area contributed by atoms with E-state index in [9.17, 15) is 0 Å². The molecule has 1 radical (unpaired) electrons. The molecule has 0 bridgehead atoms. The molecule has 0 aromatic carbocycles. The molecule has 0 fully saturated rings. The molecule has 13 heavy (non-hydrogen) atoms. The Morgan fingerprint density at radius 2 is 2.00 bits per heavy atom. The molecule has 1 unspecified atom stereocenters. The fourth-order valence-electron chi connectivity index (χ4n) is 0.898. The van der Waals surface area contributed by atoms with Crippen molar-refractivity contribution in [2.45, 2.75) is 46.2 Å². The Bertz CT molecular complexity index is 145. The number of rotatable bonds is 7. The topological polar surface area (TPSA) is 27.7 Å². The minimum Gasteiger partial charge on any atom is -0.448 e. The average Bonchev–Trinajstić information content (AvgIpc) is 2.00. The van der Waals surface area contributed by atoms with Gasteiger partial charge >= 0.3 is 5.97 Å². The molecule has 3 nitrogen and oxygen atoms in total. The molecule has 0 aliphatic heterocycles. The maximum atomic E-state index is 5.43. The van der Waals surface area contributed by atoms with E-state index in [1.807, 2.05) is 20.8 Å². The van der Waals surface area contributed by atoms with Crippen molar-refractivity contribution >= 4 is 0 Å². The second kappa shape index (κ2) is 6.00. The molecule has 0 aromatic heterocycles. The van der Waals surface area contributed by atoms with Crippen molar-refractivity contribution in [2.24, 2.45) is 0 Å². The zero-order valence-electron chi connectivity index (χ0n) is 8.87. The van der Waals surface area contributed by atoms with Crippen molar-refractivity contribution in [3.8, 4) is 0 Å². The number of ether oxygens (including phenoxy) is 3. The van der Waals surface area contributed by atoms with Gasteiger partial charge < -0.3 is 14.2 Å². The first-order valence-corrected chi connectivity index (χ1v) is 4.50. The lowest BCUT2D eigenvalue weighted by Gasteiger charge is -2.29.